The molecule has 0 radical (unpaired) electrons. The van der Waals surface area contributed by atoms with Crippen LogP contribution in [0.4, 0.5) is 0 Å². The molecule has 10 heteroatoms. The molecule has 186 valence electrons. The van der Waals surface area contributed by atoms with E-state index in [2.05, 4.69) is 15.0 Å². The number of aliphatic hydroxyl groups excluding tert-OH is 1. The number of aromatic amines is 1. The van der Waals surface area contributed by atoms with Crippen LogP contribution in [0.1, 0.15) is 0 Å². The smallest absolute Gasteiger partial charge is 0.296 e. The Hall–Kier alpha value is -3.21. The first-order valence-electron chi connectivity index (χ1n) is 11.8. The van der Waals surface area contributed by atoms with Crippen LogP contribution in [0.3, 0.4) is 0 Å². The summed E-state index contributed by atoms with van der Waals surface area (Å²) >= 11 is 6.58. The van der Waals surface area contributed by atoms with E-state index in [1.165, 1.54) is 0 Å². The molecule has 0 bridgehead atoms. The van der Waals surface area contributed by atoms with E-state index in [4.69, 9.17) is 36.3 Å². The fourth-order valence-electron chi connectivity index (χ4n) is 4.58. The number of rotatable bonds is 7. The molecule has 0 unspecified atom stereocenters. The molecule has 0 saturated carbocycles. The number of nitrogens with two attached hydrogens (primary N) is 1. The number of aromatic nitrogens is 3. The van der Waals surface area contributed by atoms with Gasteiger partial charge in [-0.2, -0.15) is 4.98 Å². The molecule has 4 aromatic rings. The molecule has 2 aliphatic heterocycles. The Balaban J connectivity index is 1.20. The topological polar surface area (TPSA) is 125 Å². The number of hydrogen-bond acceptors (Lipinski definition) is 8. The zero-order chi connectivity index (χ0) is 24.6. The lowest BCUT2D eigenvalue weighted by Crippen LogP contribution is -2.34. The molecule has 0 amide bonds. The van der Waals surface area contributed by atoms with E-state index in [-0.39, 0.29) is 24.9 Å². The number of benzene rings is 2. The third-order valence-corrected chi connectivity index (χ3v) is 6.67. The lowest BCUT2D eigenvalue weighted by Gasteiger charge is -2.15. The minimum Gasteiger partial charge on any atom is -0.492 e. The van der Waals surface area contributed by atoms with Crippen molar-refractivity contribution in [1.82, 2.24) is 15.0 Å². The van der Waals surface area contributed by atoms with E-state index in [9.17, 15) is 5.11 Å². The molecule has 2 aromatic heterocycles. The number of nitrogens with one attached hydrogen (secondary N) is 1. The van der Waals surface area contributed by atoms with Crippen LogP contribution in [0, 0.1) is 0 Å². The Morgan fingerprint density at radius 3 is 2.42 bits per heavy atom. The van der Waals surface area contributed by atoms with Gasteiger partial charge in [0.2, 0.25) is 0 Å². The molecule has 0 spiro atoms. The molecule has 2 fully saturated rings. The second-order valence-corrected chi connectivity index (χ2v) is 9.20. The average molecular weight is 509 g/mol. The molecule has 4 N–H and O–H groups in total. The standard InChI is InChI=1S/C26H25ClN4O5/c27-18-11-19-25(31-26(29-19)36-21-13-35-23-20(32)12-34-24(21)23)30-22(18)16-3-1-14(2-4-16)15-5-7-17(8-6-15)33-10-9-28/h1-8,11,20-21,23-24,32H,9-10,12-13,28H2,(H,29,30,31)/t20-,21-,23-,24-/m1/s1. The largest absolute Gasteiger partial charge is 0.492 e. The lowest BCUT2D eigenvalue weighted by atomic mass is 10.0. The van der Waals surface area contributed by atoms with Crippen molar-refractivity contribution in [2.75, 3.05) is 26.4 Å². The molecule has 9 nitrogen and oxygen atoms in total. The second-order valence-electron chi connectivity index (χ2n) is 8.79. The van der Waals surface area contributed by atoms with E-state index in [1.807, 2.05) is 48.5 Å². The van der Waals surface area contributed by atoms with Crippen molar-refractivity contribution in [3.05, 3.63) is 59.6 Å². The summed E-state index contributed by atoms with van der Waals surface area (Å²) in [7, 11) is 0. The van der Waals surface area contributed by atoms with Crippen LogP contribution in [-0.2, 0) is 9.47 Å². The van der Waals surface area contributed by atoms with Crippen LogP contribution < -0.4 is 15.2 Å². The maximum Gasteiger partial charge on any atom is 0.296 e. The van der Waals surface area contributed by atoms with Gasteiger partial charge in [0, 0.05) is 12.1 Å². The van der Waals surface area contributed by atoms with Gasteiger partial charge in [0.25, 0.3) is 6.01 Å². The van der Waals surface area contributed by atoms with Gasteiger partial charge in [-0.1, -0.05) is 48.0 Å². The number of hydrogen-bond donors (Lipinski definition) is 3. The molecule has 36 heavy (non-hydrogen) atoms. The van der Waals surface area contributed by atoms with E-state index in [1.54, 1.807) is 6.07 Å². The van der Waals surface area contributed by atoms with Gasteiger partial charge in [-0.05, 0) is 29.3 Å². The maximum atomic E-state index is 9.93. The number of fused-ring (bicyclic) bond motifs is 2. The number of ether oxygens (including phenoxy) is 4. The predicted molar refractivity (Wildman–Crippen MR) is 134 cm³/mol. The fourth-order valence-corrected chi connectivity index (χ4v) is 4.84. The van der Waals surface area contributed by atoms with Gasteiger partial charge < -0.3 is 34.8 Å². The Kier molecular flexibility index (Phi) is 6.24. The highest BCUT2D eigenvalue weighted by atomic mass is 35.5. The summed E-state index contributed by atoms with van der Waals surface area (Å²) in [5.74, 6) is 0.793. The van der Waals surface area contributed by atoms with Crippen molar-refractivity contribution < 1.29 is 24.1 Å². The molecule has 4 heterocycles. The highest BCUT2D eigenvalue weighted by Crippen LogP contribution is 2.33. The van der Waals surface area contributed by atoms with Gasteiger partial charge in [-0.3, -0.25) is 0 Å². The second kappa shape index (κ2) is 9.68. The van der Waals surface area contributed by atoms with E-state index >= 15 is 0 Å². The van der Waals surface area contributed by atoms with Crippen molar-refractivity contribution in [3.63, 3.8) is 0 Å². The van der Waals surface area contributed by atoms with Gasteiger partial charge in [0.05, 0.1) is 29.4 Å². The van der Waals surface area contributed by atoms with Crippen molar-refractivity contribution in [3.8, 4) is 34.1 Å². The minimum atomic E-state index is -0.636. The van der Waals surface area contributed by atoms with Crippen LogP contribution in [0.2, 0.25) is 5.02 Å². The normalized spacial score (nSPS) is 23.2. The van der Waals surface area contributed by atoms with Crippen molar-refractivity contribution in [2.24, 2.45) is 5.73 Å². The predicted octanol–water partition coefficient (Wildman–Crippen LogP) is 3.19. The van der Waals surface area contributed by atoms with Crippen molar-refractivity contribution >= 4 is 22.8 Å². The molecule has 0 aliphatic carbocycles. The summed E-state index contributed by atoms with van der Waals surface area (Å²) in [6.45, 7) is 1.53. The first kappa shape index (κ1) is 23.2. The van der Waals surface area contributed by atoms with Crippen LogP contribution in [0.5, 0.6) is 11.8 Å². The summed E-state index contributed by atoms with van der Waals surface area (Å²) in [5.41, 5.74) is 10.3. The van der Waals surface area contributed by atoms with Gasteiger partial charge in [0.1, 0.15) is 30.7 Å². The minimum absolute atomic E-state index is 0.239. The lowest BCUT2D eigenvalue weighted by molar-refractivity contribution is 0.00706. The quantitative estimate of drug-likeness (QED) is 0.347. The Morgan fingerprint density at radius 2 is 1.67 bits per heavy atom. The van der Waals surface area contributed by atoms with Crippen molar-refractivity contribution in [2.45, 2.75) is 24.4 Å². The van der Waals surface area contributed by atoms with Crippen molar-refractivity contribution in [1.29, 1.82) is 0 Å². The number of pyridine rings is 1. The Labute approximate surface area is 212 Å². The maximum absolute atomic E-state index is 9.93. The zero-order valence-electron chi connectivity index (χ0n) is 19.3. The monoisotopic (exact) mass is 508 g/mol. The number of H-pyrrole nitrogens is 1. The summed E-state index contributed by atoms with van der Waals surface area (Å²) in [6.07, 6.45) is -1.70. The van der Waals surface area contributed by atoms with Gasteiger partial charge in [0.15, 0.2) is 11.8 Å². The average Bonchev–Trinajstić information content (AvgIpc) is 3.59. The van der Waals surface area contributed by atoms with E-state index in [0.29, 0.717) is 47.6 Å². The number of imidazole rings is 1. The highest BCUT2D eigenvalue weighted by Gasteiger charge is 2.48. The number of halogens is 1. The Bertz CT molecular complexity index is 1360. The summed E-state index contributed by atoms with van der Waals surface area (Å²) in [5, 5.41) is 10.4. The first-order chi connectivity index (χ1) is 17.6. The third-order valence-electron chi connectivity index (χ3n) is 6.38. The molecule has 6 rings (SSSR count). The van der Waals surface area contributed by atoms with E-state index < -0.39 is 6.10 Å². The van der Waals surface area contributed by atoms with Gasteiger partial charge >= 0.3 is 0 Å². The van der Waals surface area contributed by atoms with Crippen LogP contribution in [0.15, 0.2) is 54.6 Å². The molecule has 2 saturated heterocycles. The van der Waals surface area contributed by atoms with Crippen LogP contribution >= 0.6 is 11.6 Å². The van der Waals surface area contributed by atoms with Crippen LogP contribution in [-0.4, -0.2) is 70.8 Å². The van der Waals surface area contributed by atoms with Gasteiger partial charge in [-0.25, -0.2) is 4.98 Å². The Morgan fingerprint density at radius 1 is 0.972 bits per heavy atom. The molecule has 2 aliphatic rings. The highest BCUT2D eigenvalue weighted by molar-refractivity contribution is 6.33. The summed E-state index contributed by atoms with van der Waals surface area (Å²) in [4.78, 5) is 12.3. The number of nitrogens with zero attached hydrogens (tertiary/aromatic N) is 2. The zero-order valence-corrected chi connectivity index (χ0v) is 20.0. The van der Waals surface area contributed by atoms with E-state index in [0.717, 1.165) is 22.4 Å². The van der Waals surface area contributed by atoms with Gasteiger partial charge in [-0.15, -0.1) is 0 Å². The molecular weight excluding hydrogens is 484 g/mol. The molecule has 2 aromatic carbocycles. The number of aliphatic hydroxyl groups is 1. The summed E-state index contributed by atoms with van der Waals surface area (Å²) in [6, 6.07) is 18.0. The molecular formula is C26H25ClN4O5. The third kappa shape index (κ3) is 4.40. The van der Waals surface area contributed by atoms with Crippen LogP contribution in [0.25, 0.3) is 33.5 Å². The SMILES string of the molecule is NCCOc1ccc(-c2ccc(-c3nc4nc(O[C@@H]5CO[C@H]6[C@@H]5OC[C@H]6O)[nH]c4cc3Cl)cc2)cc1. The first-order valence-corrected chi connectivity index (χ1v) is 12.1. The molecule has 4 atom stereocenters. The summed E-state index contributed by atoms with van der Waals surface area (Å²) < 4.78 is 22.8. The fraction of sp³-hybridized carbons (Fsp3) is 0.308.